The van der Waals surface area contributed by atoms with E-state index in [1.54, 1.807) is 23.9 Å². The molecule has 0 spiro atoms. The lowest BCUT2D eigenvalue weighted by atomic mass is 10.1. The van der Waals surface area contributed by atoms with Gasteiger partial charge in [0.15, 0.2) is 0 Å². The average Bonchev–Trinajstić information content (AvgIpc) is 2.39. The largest absolute Gasteiger partial charge is 0.416 e. The standard InChI is InChI=1S/C14H18F3NS/c15-14(16,17)13-7-2-1-5-11(13)9-19-10-12-6-3-4-8-18-12/h1-2,5,7,12,18H,3-4,6,8-10H2. The summed E-state index contributed by atoms with van der Waals surface area (Å²) in [7, 11) is 0. The molecule has 2 rings (SSSR count). The Hall–Kier alpha value is -0.680. The van der Waals surface area contributed by atoms with Crippen LogP contribution in [0.2, 0.25) is 0 Å². The van der Waals surface area contributed by atoms with Crippen LogP contribution in [-0.4, -0.2) is 18.3 Å². The number of hydrogen-bond donors (Lipinski definition) is 1. The Morgan fingerprint density at radius 1 is 1.21 bits per heavy atom. The van der Waals surface area contributed by atoms with Gasteiger partial charge in [-0.25, -0.2) is 0 Å². The number of thioether (sulfide) groups is 1. The molecule has 1 nitrogen and oxygen atoms in total. The second-order valence-electron chi connectivity index (χ2n) is 4.82. The third-order valence-electron chi connectivity index (χ3n) is 3.31. The SMILES string of the molecule is FC(F)(F)c1ccccc1CSCC1CCCCN1. The highest BCUT2D eigenvalue weighted by Crippen LogP contribution is 2.33. The van der Waals surface area contributed by atoms with Crippen molar-refractivity contribution >= 4 is 11.8 Å². The van der Waals surface area contributed by atoms with Crippen LogP contribution in [0.15, 0.2) is 24.3 Å². The van der Waals surface area contributed by atoms with Crippen LogP contribution in [0.4, 0.5) is 13.2 Å². The highest BCUT2D eigenvalue weighted by molar-refractivity contribution is 7.98. The van der Waals surface area contributed by atoms with Gasteiger partial charge >= 0.3 is 6.18 Å². The summed E-state index contributed by atoms with van der Waals surface area (Å²) in [4.78, 5) is 0. The number of piperidine rings is 1. The van der Waals surface area contributed by atoms with Crippen molar-refractivity contribution in [2.45, 2.75) is 37.2 Å². The smallest absolute Gasteiger partial charge is 0.313 e. The van der Waals surface area contributed by atoms with E-state index in [1.807, 2.05) is 0 Å². The summed E-state index contributed by atoms with van der Waals surface area (Å²) in [6.07, 6.45) is -0.691. The molecule has 0 bridgehead atoms. The van der Waals surface area contributed by atoms with Crippen molar-refractivity contribution < 1.29 is 13.2 Å². The van der Waals surface area contributed by atoms with Gasteiger partial charge in [0.2, 0.25) is 0 Å². The second-order valence-corrected chi connectivity index (χ2v) is 5.85. The maximum absolute atomic E-state index is 12.8. The van der Waals surface area contributed by atoms with Crippen LogP contribution >= 0.6 is 11.8 Å². The Balaban J connectivity index is 1.88. The molecule has 1 N–H and O–H groups in total. The van der Waals surface area contributed by atoms with Crippen molar-refractivity contribution in [3.63, 3.8) is 0 Å². The van der Waals surface area contributed by atoms with Crippen LogP contribution in [0.5, 0.6) is 0 Å². The zero-order valence-electron chi connectivity index (χ0n) is 10.7. The minimum Gasteiger partial charge on any atom is -0.313 e. The molecular formula is C14H18F3NS. The molecule has 106 valence electrons. The van der Waals surface area contributed by atoms with Crippen molar-refractivity contribution in [2.75, 3.05) is 12.3 Å². The minimum atomic E-state index is -4.25. The first-order valence-electron chi connectivity index (χ1n) is 6.53. The van der Waals surface area contributed by atoms with Gasteiger partial charge in [-0.2, -0.15) is 24.9 Å². The van der Waals surface area contributed by atoms with Crippen LogP contribution < -0.4 is 5.32 Å². The lowest BCUT2D eigenvalue weighted by Gasteiger charge is -2.23. The van der Waals surface area contributed by atoms with Crippen molar-refractivity contribution in [3.05, 3.63) is 35.4 Å². The summed E-state index contributed by atoms with van der Waals surface area (Å²) in [6.45, 7) is 1.03. The van der Waals surface area contributed by atoms with E-state index in [2.05, 4.69) is 5.32 Å². The first kappa shape index (κ1) is 14.7. The number of alkyl halides is 3. The second kappa shape index (κ2) is 6.66. The van der Waals surface area contributed by atoms with Crippen molar-refractivity contribution in [3.8, 4) is 0 Å². The van der Waals surface area contributed by atoms with Gasteiger partial charge in [-0.3, -0.25) is 0 Å². The van der Waals surface area contributed by atoms with E-state index >= 15 is 0 Å². The molecule has 1 aliphatic rings. The third kappa shape index (κ3) is 4.42. The molecule has 0 aliphatic carbocycles. The summed E-state index contributed by atoms with van der Waals surface area (Å²) in [5, 5.41) is 3.41. The Bertz CT molecular complexity index is 400. The van der Waals surface area contributed by atoms with Crippen LogP contribution in [0.25, 0.3) is 0 Å². The lowest BCUT2D eigenvalue weighted by Crippen LogP contribution is -2.35. The molecule has 0 radical (unpaired) electrons. The molecule has 5 heteroatoms. The van der Waals surface area contributed by atoms with Crippen LogP contribution in [0, 0.1) is 0 Å². The number of nitrogens with one attached hydrogen (secondary N) is 1. The Morgan fingerprint density at radius 3 is 2.68 bits per heavy atom. The van der Waals surface area contributed by atoms with Gasteiger partial charge in [0.25, 0.3) is 0 Å². The minimum absolute atomic E-state index is 0.385. The quantitative estimate of drug-likeness (QED) is 0.896. The van der Waals surface area contributed by atoms with E-state index in [9.17, 15) is 13.2 Å². The molecular weight excluding hydrogens is 271 g/mol. The van der Waals surface area contributed by atoms with Gasteiger partial charge in [0.05, 0.1) is 5.56 Å². The van der Waals surface area contributed by atoms with E-state index in [0.29, 0.717) is 17.4 Å². The fraction of sp³-hybridized carbons (Fsp3) is 0.571. The summed E-state index contributed by atoms with van der Waals surface area (Å²) >= 11 is 1.58. The average molecular weight is 289 g/mol. The summed E-state index contributed by atoms with van der Waals surface area (Å²) in [5.74, 6) is 1.31. The lowest BCUT2D eigenvalue weighted by molar-refractivity contribution is -0.138. The number of halogens is 3. The van der Waals surface area contributed by atoms with E-state index < -0.39 is 11.7 Å². The monoisotopic (exact) mass is 289 g/mol. The number of rotatable bonds is 4. The van der Waals surface area contributed by atoms with Crippen molar-refractivity contribution in [1.82, 2.24) is 5.32 Å². The third-order valence-corrected chi connectivity index (χ3v) is 4.46. The highest BCUT2D eigenvalue weighted by Gasteiger charge is 2.32. The number of benzene rings is 1. The summed E-state index contributed by atoms with van der Waals surface area (Å²) in [6, 6.07) is 6.31. The van der Waals surface area contributed by atoms with Gasteiger partial charge in [-0.15, -0.1) is 0 Å². The number of hydrogen-bond acceptors (Lipinski definition) is 2. The molecule has 0 aromatic heterocycles. The van der Waals surface area contributed by atoms with Gasteiger partial charge in [0.1, 0.15) is 0 Å². The zero-order valence-corrected chi connectivity index (χ0v) is 11.5. The Kier molecular flexibility index (Phi) is 5.16. The topological polar surface area (TPSA) is 12.0 Å². The van der Waals surface area contributed by atoms with E-state index in [0.717, 1.165) is 24.8 Å². The fourth-order valence-corrected chi connectivity index (χ4v) is 3.46. The summed E-state index contributed by atoms with van der Waals surface area (Å²) in [5.41, 5.74) is -0.116. The molecule has 0 saturated carbocycles. The van der Waals surface area contributed by atoms with E-state index in [-0.39, 0.29) is 0 Å². The molecule has 1 saturated heterocycles. The highest BCUT2D eigenvalue weighted by atomic mass is 32.2. The van der Waals surface area contributed by atoms with Crippen LogP contribution in [0.3, 0.4) is 0 Å². The molecule has 1 aromatic rings. The molecule has 19 heavy (non-hydrogen) atoms. The Morgan fingerprint density at radius 2 is 2.00 bits per heavy atom. The molecule has 1 aromatic carbocycles. The maximum atomic E-state index is 12.8. The normalized spacial score (nSPS) is 20.5. The van der Waals surface area contributed by atoms with Crippen molar-refractivity contribution in [1.29, 1.82) is 0 Å². The molecule has 0 amide bonds. The predicted molar refractivity (Wildman–Crippen MR) is 73.2 cm³/mol. The van der Waals surface area contributed by atoms with Crippen molar-refractivity contribution in [2.24, 2.45) is 0 Å². The van der Waals surface area contributed by atoms with Gasteiger partial charge < -0.3 is 5.32 Å². The molecule has 1 heterocycles. The van der Waals surface area contributed by atoms with Gasteiger partial charge in [-0.1, -0.05) is 24.6 Å². The Labute approximate surface area is 116 Å². The molecule has 1 aliphatic heterocycles. The first-order chi connectivity index (χ1) is 9.07. The zero-order chi connectivity index (χ0) is 13.7. The van der Waals surface area contributed by atoms with Gasteiger partial charge in [-0.05, 0) is 31.0 Å². The van der Waals surface area contributed by atoms with E-state index in [4.69, 9.17) is 0 Å². The summed E-state index contributed by atoms with van der Waals surface area (Å²) < 4.78 is 38.4. The first-order valence-corrected chi connectivity index (χ1v) is 7.69. The maximum Gasteiger partial charge on any atom is 0.416 e. The molecule has 1 fully saturated rings. The molecule has 1 unspecified atom stereocenters. The van der Waals surface area contributed by atoms with Gasteiger partial charge in [0, 0.05) is 17.5 Å². The predicted octanol–water partition coefficient (Wildman–Crippen LogP) is 4.08. The fourth-order valence-electron chi connectivity index (χ4n) is 2.30. The molecule has 1 atom stereocenters. The van der Waals surface area contributed by atoms with E-state index in [1.165, 1.54) is 18.9 Å². The van der Waals surface area contributed by atoms with Crippen LogP contribution in [-0.2, 0) is 11.9 Å². The van der Waals surface area contributed by atoms with Crippen LogP contribution in [0.1, 0.15) is 30.4 Å².